The van der Waals surface area contributed by atoms with Crippen molar-refractivity contribution in [1.29, 1.82) is 0 Å². The number of likely N-dealkylation sites (tertiary alicyclic amines) is 2. The normalized spacial score (nSPS) is 25.0. The van der Waals surface area contributed by atoms with Gasteiger partial charge in [0.25, 0.3) is 5.92 Å². The average Bonchev–Trinajstić information content (AvgIpc) is 3.09. The highest BCUT2D eigenvalue weighted by molar-refractivity contribution is 5.76. The van der Waals surface area contributed by atoms with Gasteiger partial charge in [-0.3, -0.25) is 4.79 Å². The Morgan fingerprint density at radius 3 is 2.31 bits per heavy atom. The molecule has 0 aliphatic carbocycles. The molecule has 176 valence electrons. The minimum atomic E-state index is -3.54. The quantitative estimate of drug-likeness (QED) is 0.750. The third kappa shape index (κ3) is 4.78. The Labute approximate surface area is 185 Å². The Bertz CT molecular complexity index is 873. The van der Waals surface area contributed by atoms with Crippen molar-refractivity contribution in [2.75, 3.05) is 26.2 Å². The highest BCUT2D eigenvalue weighted by Gasteiger charge is 2.67. The summed E-state index contributed by atoms with van der Waals surface area (Å²) in [5, 5.41) is 9.68. The van der Waals surface area contributed by atoms with Crippen LogP contribution in [0.4, 0.5) is 18.4 Å². The average molecular weight is 454 g/mol. The minimum absolute atomic E-state index is 0.0519. The number of piperidine rings is 1. The van der Waals surface area contributed by atoms with Crippen LogP contribution in [0.1, 0.15) is 32.8 Å². The molecule has 1 spiro atoms. The zero-order valence-electron chi connectivity index (χ0n) is 18.3. The smallest absolute Gasteiger partial charge is 0.410 e. The van der Waals surface area contributed by atoms with Crippen LogP contribution in [-0.4, -0.2) is 70.8 Å². The second-order valence-corrected chi connectivity index (χ2v) is 9.32. The van der Waals surface area contributed by atoms with Gasteiger partial charge in [-0.25, -0.2) is 18.4 Å². The van der Waals surface area contributed by atoms with Crippen LogP contribution >= 0.6 is 0 Å². The second kappa shape index (κ2) is 8.55. The Kier molecular flexibility index (Phi) is 6.35. The lowest BCUT2D eigenvalue weighted by Gasteiger charge is -2.46. The lowest BCUT2D eigenvalue weighted by atomic mass is 9.68. The predicted octanol–water partition coefficient (Wildman–Crippen LogP) is 3.60. The molecule has 8 nitrogen and oxygen atoms in total. The lowest BCUT2D eigenvalue weighted by Crippen LogP contribution is -2.61. The SMILES string of the molecule is CC(C)(C)OC(=O)N1CCC2(CN(C(=O)OCc3ccccc3)CC2C(=O)O)C(F)(F)C1. The minimum Gasteiger partial charge on any atom is -0.481 e. The molecular weight excluding hydrogens is 426 g/mol. The zero-order valence-corrected chi connectivity index (χ0v) is 18.3. The number of hydrogen-bond acceptors (Lipinski definition) is 5. The molecule has 3 rings (SSSR count). The summed E-state index contributed by atoms with van der Waals surface area (Å²) in [6.45, 7) is 2.92. The molecule has 32 heavy (non-hydrogen) atoms. The molecule has 2 amide bonds. The number of aliphatic carboxylic acids is 1. The van der Waals surface area contributed by atoms with E-state index in [0.29, 0.717) is 0 Å². The van der Waals surface area contributed by atoms with Crippen LogP contribution in [0.5, 0.6) is 0 Å². The number of halogens is 2. The maximum Gasteiger partial charge on any atom is 0.410 e. The maximum absolute atomic E-state index is 15.4. The molecule has 0 bridgehead atoms. The van der Waals surface area contributed by atoms with Gasteiger partial charge in [0, 0.05) is 19.6 Å². The van der Waals surface area contributed by atoms with E-state index in [4.69, 9.17) is 9.47 Å². The number of alkyl halides is 2. The number of hydrogen-bond donors (Lipinski definition) is 1. The molecule has 0 radical (unpaired) electrons. The van der Waals surface area contributed by atoms with Gasteiger partial charge in [-0.1, -0.05) is 30.3 Å². The Hall–Kier alpha value is -2.91. The molecule has 2 aliphatic rings. The van der Waals surface area contributed by atoms with E-state index in [2.05, 4.69) is 0 Å². The Balaban J connectivity index is 1.74. The molecule has 2 aliphatic heterocycles. The first-order valence-electron chi connectivity index (χ1n) is 10.4. The van der Waals surface area contributed by atoms with Gasteiger partial charge in [-0.05, 0) is 32.8 Å². The van der Waals surface area contributed by atoms with Crippen molar-refractivity contribution in [3.05, 3.63) is 35.9 Å². The fourth-order valence-electron chi connectivity index (χ4n) is 4.27. The van der Waals surface area contributed by atoms with Crippen molar-refractivity contribution >= 4 is 18.2 Å². The number of carbonyl (C=O) groups is 3. The van der Waals surface area contributed by atoms with Crippen LogP contribution in [0.25, 0.3) is 0 Å². The molecule has 2 fully saturated rings. The van der Waals surface area contributed by atoms with Crippen molar-refractivity contribution < 1.29 is 37.7 Å². The molecule has 2 unspecified atom stereocenters. The van der Waals surface area contributed by atoms with E-state index in [1.807, 2.05) is 0 Å². The first-order chi connectivity index (χ1) is 14.8. The third-order valence-electron chi connectivity index (χ3n) is 5.90. The lowest BCUT2D eigenvalue weighted by molar-refractivity contribution is -0.188. The van der Waals surface area contributed by atoms with Crippen molar-refractivity contribution in [3.8, 4) is 0 Å². The molecule has 1 aromatic carbocycles. The molecule has 2 heterocycles. The van der Waals surface area contributed by atoms with Gasteiger partial charge in [-0.2, -0.15) is 0 Å². The van der Waals surface area contributed by atoms with Crippen molar-refractivity contribution in [3.63, 3.8) is 0 Å². The van der Waals surface area contributed by atoms with Crippen molar-refractivity contribution in [2.45, 2.75) is 45.3 Å². The first-order valence-corrected chi connectivity index (χ1v) is 10.4. The molecule has 1 aromatic rings. The highest BCUT2D eigenvalue weighted by atomic mass is 19.3. The molecule has 1 N–H and O–H groups in total. The van der Waals surface area contributed by atoms with Gasteiger partial charge in [0.1, 0.15) is 12.2 Å². The highest BCUT2D eigenvalue weighted by Crippen LogP contribution is 2.53. The number of benzene rings is 1. The van der Waals surface area contributed by atoms with Gasteiger partial charge in [0.15, 0.2) is 0 Å². The topological polar surface area (TPSA) is 96.4 Å². The van der Waals surface area contributed by atoms with Crippen LogP contribution in [0.15, 0.2) is 30.3 Å². The van der Waals surface area contributed by atoms with E-state index in [9.17, 15) is 19.5 Å². The summed E-state index contributed by atoms with van der Waals surface area (Å²) in [7, 11) is 0. The number of amides is 2. The Morgan fingerprint density at radius 1 is 1.09 bits per heavy atom. The number of carboxylic acids is 1. The third-order valence-corrected chi connectivity index (χ3v) is 5.90. The van der Waals surface area contributed by atoms with Crippen molar-refractivity contribution in [1.82, 2.24) is 9.80 Å². The molecule has 2 atom stereocenters. The Morgan fingerprint density at radius 2 is 1.75 bits per heavy atom. The molecule has 10 heteroatoms. The van der Waals surface area contributed by atoms with Crippen LogP contribution in [-0.2, 0) is 20.9 Å². The number of ether oxygens (including phenoxy) is 2. The summed E-state index contributed by atoms with van der Waals surface area (Å²) in [5.41, 5.74) is -2.12. The van der Waals surface area contributed by atoms with E-state index in [1.54, 1.807) is 51.1 Å². The second-order valence-electron chi connectivity index (χ2n) is 9.32. The van der Waals surface area contributed by atoms with Gasteiger partial charge in [0.2, 0.25) is 0 Å². The number of rotatable bonds is 3. The van der Waals surface area contributed by atoms with E-state index in [1.165, 1.54) is 0 Å². The summed E-state index contributed by atoms with van der Waals surface area (Å²) in [6.07, 6.45) is -2.00. The summed E-state index contributed by atoms with van der Waals surface area (Å²) < 4.78 is 41.2. The van der Waals surface area contributed by atoms with Crippen LogP contribution in [0, 0.1) is 11.3 Å². The molecule has 0 aromatic heterocycles. The number of carbonyl (C=O) groups excluding carboxylic acids is 2. The van der Waals surface area contributed by atoms with E-state index >= 15 is 8.78 Å². The molecular formula is C22H28F2N2O6. The zero-order chi connectivity index (χ0) is 23.7. The summed E-state index contributed by atoms with van der Waals surface area (Å²) in [4.78, 5) is 38.6. The predicted molar refractivity (Wildman–Crippen MR) is 109 cm³/mol. The fraction of sp³-hybridized carbons (Fsp3) is 0.591. The monoisotopic (exact) mass is 454 g/mol. The first kappa shape index (κ1) is 23.7. The van der Waals surface area contributed by atoms with Crippen molar-refractivity contribution in [2.24, 2.45) is 11.3 Å². The number of carboxylic acid groups (broad SMARTS) is 1. The van der Waals surface area contributed by atoms with Crippen LogP contribution in [0.2, 0.25) is 0 Å². The summed E-state index contributed by atoms with van der Waals surface area (Å²) in [5.74, 6) is -6.43. The maximum atomic E-state index is 15.4. The fourth-order valence-corrected chi connectivity index (χ4v) is 4.27. The number of nitrogens with zero attached hydrogens (tertiary/aromatic N) is 2. The van der Waals surface area contributed by atoms with E-state index < -0.39 is 54.1 Å². The summed E-state index contributed by atoms with van der Waals surface area (Å²) in [6, 6.07) is 8.85. The van der Waals surface area contributed by atoms with Crippen LogP contribution < -0.4 is 0 Å². The van der Waals surface area contributed by atoms with Gasteiger partial charge in [-0.15, -0.1) is 0 Å². The molecule has 0 saturated carbocycles. The largest absolute Gasteiger partial charge is 0.481 e. The standard InChI is InChI=1S/C22H28F2N2O6/c1-20(2,3)32-19(30)25-10-9-21(22(23,24)14-25)13-26(11-16(21)17(27)28)18(29)31-12-15-7-5-4-6-8-15/h4-8,16H,9-14H2,1-3H3,(H,27,28). The van der Waals surface area contributed by atoms with E-state index in [0.717, 1.165) is 15.4 Å². The van der Waals surface area contributed by atoms with Gasteiger partial charge < -0.3 is 24.4 Å². The molecule has 2 saturated heterocycles. The van der Waals surface area contributed by atoms with Crippen LogP contribution in [0.3, 0.4) is 0 Å². The van der Waals surface area contributed by atoms with E-state index in [-0.39, 0.29) is 26.1 Å². The van der Waals surface area contributed by atoms with Gasteiger partial charge >= 0.3 is 18.2 Å². The van der Waals surface area contributed by atoms with Gasteiger partial charge in [0.05, 0.1) is 17.9 Å². The summed E-state index contributed by atoms with van der Waals surface area (Å²) >= 11 is 0.